The van der Waals surface area contributed by atoms with Crippen LogP contribution in [0.3, 0.4) is 0 Å². The fourth-order valence-electron chi connectivity index (χ4n) is 2.71. The summed E-state index contributed by atoms with van der Waals surface area (Å²) >= 11 is 0. The molecule has 0 aliphatic carbocycles. The molecule has 2 rings (SSSR count). The first-order valence-corrected chi connectivity index (χ1v) is 7.63. The van der Waals surface area contributed by atoms with Crippen molar-refractivity contribution in [1.82, 2.24) is 14.8 Å². The van der Waals surface area contributed by atoms with Gasteiger partial charge in [-0.05, 0) is 39.3 Å². The highest BCUT2D eigenvalue weighted by atomic mass is 16.5. The Bertz CT molecular complexity index is 490. The molecule has 1 aliphatic rings. The average Bonchev–Trinajstić information content (AvgIpc) is 2.97. The van der Waals surface area contributed by atoms with Gasteiger partial charge in [0, 0.05) is 38.4 Å². The number of nitrogens with zero attached hydrogens (tertiary/aromatic N) is 3. The van der Waals surface area contributed by atoms with Gasteiger partial charge in [-0.3, -0.25) is 9.69 Å². The molecule has 5 heteroatoms. The number of aromatic nitrogens is 1. The predicted octanol–water partition coefficient (Wildman–Crippen LogP) is 2.04. The molecule has 1 aromatic heterocycles. The summed E-state index contributed by atoms with van der Waals surface area (Å²) in [6.45, 7) is 8.77. The smallest absolute Gasteiger partial charge is 0.259 e. The van der Waals surface area contributed by atoms with E-state index in [2.05, 4.69) is 23.7 Å². The number of rotatable bonds is 5. The second-order valence-electron chi connectivity index (χ2n) is 5.74. The maximum atomic E-state index is 12.7. The lowest BCUT2D eigenvalue weighted by Gasteiger charge is -2.26. The van der Waals surface area contributed by atoms with Crippen LogP contribution in [0, 0.1) is 0 Å². The van der Waals surface area contributed by atoms with Crippen LogP contribution in [0.4, 0.5) is 0 Å². The van der Waals surface area contributed by atoms with Crippen LogP contribution in [-0.4, -0.2) is 59.5 Å². The van der Waals surface area contributed by atoms with Crippen molar-refractivity contribution in [2.75, 3.05) is 26.7 Å². The van der Waals surface area contributed by atoms with Gasteiger partial charge in [-0.25, -0.2) is 4.98 Å². The van der Waals surface area contributed by atoms with Crippen LogP contribution in [0.15, 0.2) is 18.3 Å². The van der Waals surface area contributed by atoms with E-state index in [1.807, 2.05) is 18.9 Å². The lowest BCUT2D eigenvalue weighted by Crippen LogP contribution is -2.40. The molecule has 0 N–H and O–H groups in total. The summed E-state index contributed by atoms with van der Waals surface area (Å²) in [4.78, 5) is 21.1. The van der Waals surface area contributed by atoms with E-state index in [0.29, 0.717) is 24.1 Å². The van der Waals surface area contributed by atoms with Gasteiger partial charge in [-0.1, -0.05) is 0 Å². The van der Waals surface area contributed by atoms with Crippen LogP contribution >= 0.6 is 0 Å². The fourth-order valence-corrected chi connectivity index (χ4v) is 2.71. The van der Waals surface area contributed by atoms with E-state index in [1.54, 1.807) is 18.3 Å². The summed E-state index contributed by atoms with van der Waals surface area (Å²) in [5.74, 6) is 0.415. The first-order valence-electron chi connectivity index (χ1n) is 7.63. The van der Waals surface area contributed by atoms with Gasteiger partial charge in [0.15, 0.2) is 0 Å². The van der Waals surface area contributed by atoms with Crippen molar-refractivity contribution in [3.8, 4) is 5.88 Å². The summed E-state index contributed by atoms with van der Waals surface area (Å²) < 4.78 is 5.46. The molecule has 2 heterocycles. The number of likely N-dealkylation sites (N-methyl/N-ethyl adjacent to an activating group) is 1. The van der Waals surface area contributed by atoms with Crippen molar-refractivity contribution < 1.29 is 9.53 Å². The zero-order valence-electron chi connectivity index (χ0n) is 13.4. The lowest BCUT2D eigenvalue weighted by molar-refractivity contribution is 0.0727. The molecule has 0 aromatic carbocycles. The molecule has 5 nitrogen and oxygen atoms in total. The summed E-state index contributed by atoms with van der Waals surface area (Å²) in [5.41, 5.74) is 0.546. The number of pyridine rings is 1. The number of hydrogen-bond acceptors (Lipinski definition) is 4. The first-order chi connectivity index (χ1) is 10.0. The van der Waals surface area contributed by atoms with Gasteiger partial charge in [-0.15, -0.1) is 0 Å². The molecule has 116 valence electrons. The Morgan fingerprint density at radius 3 is 2.95 bits per heavy atom. The summed E-state index contributed by atoms with van der Waals surface area (Å²) in [5, 5.41) is 0. The Hall–Kier alpha value is -1.62. The zero-order valence-corrected chi connectivity index (χ0v) is 13.4. The molecule has 1 atom stereocenters. The maximum Gasteiger partial charge on any atom is 0.259 e. The number of amides is 1. The Morgan fingerprint density at radius 2 is 2.33 bits per heavy atom. The maximum absolute atomic E-state index is 12.7. The molecule has 0 radical (unpaired) electrons. The Labute approximate surface area is 126 Å². The molecule has 1 aliphatic heterocycles. The Kier molecular flexibility index (Phi) is 5.17. The minimum Gasteiger partial charge on any atom is -0.477 e. The van der Waals surface area contributed by atoms with Crippen molar-refractivity contribution in [2.24, 2.45) is 0 Å². The number of hydrogen-bond donors (Lipinski definition) is 0. The van der Waals surface area contributed by atoms with E-state index in [4.69, 9.17) is 4.74 Å². The van der Waals surface area contributed by atoms with Crippen LogP contribution in [-0.2, 0) is 0 Å². The normalized spacial score (nSPS) is 19.0. The minimum absolute atomic E-state index is 0.0119. The molecule has 21 heavy (non-hydrogen) atoms. The zero-order chi connectivity index (χ0) is 15.4. The largest absolute Gasteiger partial charge is 0.477 e. The summed E-state index contributed by atoms with van der Waals surface area (Å²) in [6, 6.07) is 4.34. The minimum atomic E-state index is -0.0119. The van der Waals surface area contributed by atoms with Crippen molar-refractivity contribution in [3.05, 3.63) is 23.9 Å². The van der Waals surface area contributed by atoms with Gasteiger partial charge in [0.2, 0.25) is 5.88 Å². The van der Waals surface area contributed by atoms with Gasteiger partial charge in [0.1, 0.15) is 5.56 Å². The molecule has 0 spiro atoms. The SMILES string of the molecule is CCOc1ncccc1C(=O)N(C)C1CCN(C(C)C)C1. The monoisotopic (exact) mass is 291 g/mol. The number of carbonyl (C=O) groups is 1. The average molecular weight is 291 g/mol. The molecule has 1 fully saturated rings. The van der Waals surface area contributed by atoms with Crippen LogP contribution in [0.5, 0.6) is 5.88 Å². The van der Waals surface area contributed by atoms with E-state index < -0.39 is 0 Å². The van der Waals surface area contributed by atoms with Gasteiger partial charge < -0.3 is 9.64 Å². The predicted molar refractivity (Wildman–Crippen MR) is 82.6 cm³/mol. The van der Waals surface area contributed by atoms with Gasteiger partial charge in [-0.2, -0.15) is 0 Å². The molecule has 0 bridgehead atoms. The highest BCUT2D eigenvalue weighted by molar-refractivity contribution is 5.96. The molecule has 1 saturated heterocycles. The van der Waals surface area contributed by atoms with Crippen molar-refractivity contribution >= 4 is 5.91 Å². The van der Waals surface area contributed by atoms with E-state index >= 15 is 0 Å². The van der Waals surface area contributed by atoms with Crippen molar-refractivity contribution in [3.63, 3.8) is 0 Å². The third-order valence-corrected chi connectivity index (χ3v) is 4.08. The second-order valence-corrected chi connectivity index (χ2v) is 5.74. The highest BCUT2D eigenvalue weighted by Crippen LogP contribution is 2.21. The standard InChI is InChI=1S/C16H25N3O2/c1-5-21-15-14(7-6-9-17-15)16(20)18(4)13-8-10-19(11-13)12(2)3/h6-7,9,12-13H,5,8,10-11H2,1-4H3. The summed E-state index contributed by atoms with van der Waals surface area (Å²) in [6.07, 6.45) is 2.67. The quantitative estimate of drug-likeness (QED) is 0.833. The third-order valence-electron chi connectivity index (χ3n) is 4.08. The van der Waals surface area contributed by atoms with E-state index in [9.17, 15) is 4.79 Å². The third kappa shape index (κ3) is 3.53. The lowest BCUT2D eigenvalue weighted by atomic mass is 10.2. The molecular weight excluding hydrogens is 266 g/mol. The van der Waals surface area contributed by atoms with Gasteiger partial charge >= 0.3 is 0 Å². The molecule has 1 aromatic rings. The van der Waals surface area contributed by atoms with E-state index in [0.717, 1.165) is 19.5 Å². The highest BCUT2D eigenvalue weighted by Gasteiger charge is 2.30. The molecule has 1 unspecified atom stereocenters. The number of likely N-dealkylation sites (tertiary alicyclic amines) is 1. The summed E-state index contributed by atoms with van der Waals surface area (Å²) in [7, 11) is 1.87. The first kappa shape index (κ1) is 15.8. The molecular formula is C16H25N3O2. The van der Waals surface area contributed by atoms with Crippen LogP contribution in [0.25, 0.3) is 0 Å². The van der Waals surface area contributed by atoms with Crippen molar-refractivity contribution in [1.29, 1.82) is 0 Å². The fraction of sp³-hybridized carbons (Fsp3) is 0.625. The van der Waals surface area contributed by atoms with Crippen LogP contribution in [0.1, 0.15) is 37.6 Å². The van der Waals surface area contributed by atoms with Crippen molar-refractivity contribution in [2.45, 2.75) is 39.3 Å². The van der Waals surface area contributed by atoms with Gasteiger partial charge in [0.25, 0.3) is 5.91 Å². The van der Waals surface area contributed by atoms with Crippen LogP contribution in [0.2, 0.25) is 0 Å². The van der Waals surface area contributed by atoms with E-state index in [-0.39, 0.29) is 11.9 Å². The van der Waals surface area contributed by atoms with Gasteiger partial charge in [0.05, 0.1) is 6.61 Å². The van der Waals surface area contributed by atoms with E-state index in [1.165, 1.54) is 0 Å². The molecule has 0 saturated carbocycles. The topological polar surface area (TPSA) is 45.7 Å². The van der Waals surface area contributed by atoms with Crippen LogP contribution < -0.4 is 4.74 Å². The second kappa shape index (κ2) is 6.89. The number of carbonyl (C=O) groups excluding carboxylic acids is 1. The molecule has 1 amide bonds. The Morgan fingerprint density at radius 1 is 1.57 bits per heavy atom. The number of ether oxygens (including phenoxy) is 1. The Balaban J connectivity index is 2.10.